The monoisotopic (exact) mass is 219 g/mol. The zero-order valence-electron chi connectivity index (χ0n) is 10.2. The first-order chi connectivity index (χ1) is 7.59. The summed E-state index contributed by atoms with van der Waals surface area (Å²) in [5.41, 5.74) is 9.29. The molecule has 0 bridgehead atoms. The van der Waals surface area contributed by atoms with Gasteiger partial charge in [-0.25, -0.2) is 0 Å². The van der Waals surface area contributed by atoms with E-state index in [0.717, 1.165) is 18.4 Å². The molecule has 0 spiro atoms. The van der Waals surface area contributed by atoms with Crippen molar-refractivity contribution in [3.05, 3.63) is 34.9 Å². The zero-order chi connectivity index (χ0) is 11.8. The Morgan fingerprint density at radius 1 is 1.31 bits per heavy atom. The van der Waals surface area contributed by atoms with Gasteiger partial charge in [-0.2, -0.15) is 0 Å². The molecule has 1 atom stereocenters. The molecule has 1 unspecified atom stereocenters. The lowest BCUT2D eigenvalue weighted by atomic mass is 9.63. The summed E-state index contributed by atoms with van der Waals surface area (Å²) in [7, 11) is 0. The van der Waals surface area contributed by atoms with Crippen molar-refractivity contribution in [2.24, 2.45) is 11.1 Å². The normalized spacial score (nSPS) is 20.2. The topological polar surface area (TPSA) is 46.2 Å². The van der Waals surface area contributed by atoms with E-state index >= 15 is 0 Å². The number of aliphatic hydroxyl groups is 1. The van der Waals surface area contributed by atoms with Crippen molar-refractivity contribution in [2.45, 2.75) is 39.2 Å². The molecule has 3 N–H and O–H groups in total. The Labute approximate surface area is 97.5 Å². The van der Waals surface area contributed by atoms with E-state index in [9.17, 15) is 5.11 Å². The van der Waals surface area contributed by atoms with Gasteiger partial charge in [0.25, 0.3) is 0 Å². The van der Waals surface area contributed by atoms with Crippen molar-refractivity contribution in [3.8, 4) is 0 Å². The summed E-state index contributed by atoms with van der Waals surface area (Å²) in [6, 6.07) is 6.20. The average Bonchev–Trinajstić information content (AvgIpc) is 2.21. The molecular weight excluding hydrogens is 198 g/mol. The van der Waals surface area contributed by atoms with Crippen molar-refractivity contribution in [3.63, 3.8) is 0 Å². The maximum absolute atomic E-state index is 10.4. The van der Waals surface area contributed by atoms with Crippen LogP contribution in [0.15, 0.2) is 18.2 Å². The summed E-state index contributed by atoms with van der Waals surface area (Å²) >= 11 is 0. The highest BCUT2D eigenvalue weighted by Crippen LogP contribution is 2.49. The largest absolute Gasteiger partial charge is 0.388 e. The van der Waals surface area contributed by atoms with Crippen LogP contribution in [0.25, 0.3) is 0 Å². The van der Waals surface area contributed by atoms with E-state index in [-0.39, 0.29) is 5.41 Å². The van der Waals surface area contributed by atoms with Crippen molar-refractivity contribution < 1.29 is 5.11 Å². The molecule has 1 aliphatic carbocycles. The Hall–Kier alpha value is -0.860. The number of aliphatic hydroxyl groups excluding tert-OH is 1. The van der Waals surface area contributed by atoms with Crippen LogP contribution >= 0.6 is 0 Å². The van der Waals surface area contributed by atoms with Crippen LogP contribution in [0.5, 0.6) is 0 Å². The second kappa shape index (κ2) is 4.19. The van der Waals surface area contributed by atoms with Gasteiger partial charge in [0.2, 0.25) is 0 Å². The van der Waals surface area contributed by atoms with Gasteiger partial charge in [0.15, 0.2) is 0 Å². The number of hydrogen-bond acceptors (Lipinski definition) is 2. The quantitative estimate of drug-likeness (QED) is 0.820. The molecule has 1 aromatic rings. The maximum atomic E-state index is 10.4. The molecule has 1 saturated carbocycles. The number of aryl methyl sites for hydroxylation is 2. The second-order valence-electron chi connectivity index (χ2n) is 5.17. The van der Waals surface area contributed by atoms with E-state index in [1.807, 2.05) is 6.07 Å². The van der Waals surface area contributed by atoms with Crippen LogP contribution in [-0.2, 0) is 0 Å². The Morgan fingerprint density at radius 3 is 2.44 bits per heavy atom. The van der Waals surface area contributed by atoms with E-state index in [1.54, 1.807) is 0 Å². The molecule has 16 heavy (non-hydrogen) atoms. The lowest BCUT2D eigenvalue weighted by molar-refractivity contribution is -0.0297. The predicted molar refractivity (Wildman–Crippen MR) is 66.2 cm³/mol. The lowest BCUT2D eigenvalue weighted by Crippen LogP contribution is -2.42. The van der Waals surface area contributed by atoms with Crippen molar-refractivity contribution in [2.75, 3.05) is 6.54 Å². The summed E-state index contributed by atoms with van der Waals surface area (Å²) in [6.45, 7) is 4.76. The SMILES string of the molecule is Cc1ccc(C(O)C2(CN)CCC2)cc1C. The highest BCUT2D eigenvalue weighted by Gasteiger charge is 2.42. The van der Waals surface area contributed by atoms with Crippen LogP contribution in [-0.4, -0.2) is 11.7 Å². The molecule has 2 rings (SSSR count). The Morgan fingerprint density at radius 2 is 2.00 bits per heavy atom. The maximum Gasteiger partial charge on any atom is 0.0858 e. The van der Waals surface area contributed by atoms with Crippen molar-refractivity contribution in [1.29, 1.82) is 0 Å². The molecule has 2 nitrogen and oxygen atoms in total. The van der Waals surface area contributed by atoms with E-state index in [1.165, 1.54) is 17.5 Å². The molecule has 0 aliphatic heterocycles. The molecule has 1 fully saturated rings. The third kappa shape index (κ3) is 1.76. The molecule has 0 amide bonds. The number of nitrogens with two attached hydrogens (primary N) is 1. The van der Waals surface area contributed by atoms with Crippen LogP contribution in [0, 0.1) is 19.3 Å². The zero-order valence-corrected chi connectivity index (χ0v) is 10.2. The summed E-state index contributed by atoms with van der Waals surface area (Å²) in [5.74, 6) is 0. The van der Waals surface area contributed by atoms with Gasteiger partial charge in [0.05, 0.1) is 6.10 Å². The molecular formula is C14H21NO. The number of rotatable bonds is 3. The van der Waals surface area contributed by atoms with Crippen LogP contribution in [0.4, 0.5) is 0 Å². The Bertz CT molecular complexity index is 377. The van der Waals surface area contributed by atoms with E-state index in [2.05, 4.69) is 26.0 Å². The summed E-state index contributed by atoms with van der Waals surface area (Å²) < 4.78 is 0. The van der Waals surface area contributed by atoms with Crippen LogP contribution in [0.2, 0.25) is 0 Å². The minimum absolute atomic E-state index is 0.0539. The first kappa shape index (κ1) is 11.6. The molecule has 88 valence electrons. The second-order valence-corrected chi connectivity index (χ2v) is 5.17. The first-order valence-corrected chi connectivity index (χ1v) is 6.04. The molecule has 0 saturated heterocycles. The smallest absolute Gasteiger partial charge is 0.0858 e. The van der Waals surface area contributed by atoms with Gasteiger partial charge in [0.1, 0.15) is 0 Å². The number of hydrogen-bond donors (Lipinski definition) is 2. The minimum atomic E-state index is -0.398. The van der Waals surface area contributed by atoms with Gasteiger partial charge in [-0.05, 0) is 43.4 Å². The van der Waals surface area contributed by atoms with Gasteiger partial charge < -0.3 is 10.8 Å². The third-order valence-corrected chi connectivity index (χ3v) is 4.18. The van der Waals surface area contributed by atoms with E-state index in [0.29, 0.717) is 6.54 Å². The molecule has 2 heteroatoms. The molecule has 0 aromatic heterocycles. The number of benzene rings is 1. The van der Waals surface area contributed by atoms with Crippen molar-refractivity contribution in [1.82, 2.24) is 0 Å². The fourth-order valence-electron chi connectivity index (χ4n) is 2.51. The highest BCUT2D eigenvalue weighted by molar-refractivity contribution is 5.32. The summed E-state index contributed by atoms with van der Waals surface area (Å²) in [4.78, 5) is 0. The highest BCUT2D eigenvalue weighted by atomic mass is 16.3. The van der Waals surface area contributed by atoms with Crippen molar-refractivity contribution >= 4 is 0 Å². The van der Waals surface area contributed by atoms with Gasteiger partial charge >= 0.3 is 0 Å². The molecule has 1 aliphatic rings. The summed E-state index contributed by atoms with van der Waals surface area (Å²) in [5, 5.41) is 10.4. The first-order valence-electron chi connectivity index (χ1n) is 6.04. The fourth-order valence-corrected chi connectivity index (χ4v) is 2.51. The standard InChI is InChI=1S/C14H21NO/c1-10-4-5-12(8-11(10)2)13(16)14(9-15)6-3-7-14/h4-5,8,13,16H,3,6-7,9,15H2,1-2H3. The predicted octanol–water partition coefficient (Wildman–Crippen LogP) is 2.47. The van der Waals surface area contributed by atoms with Gasteiger partial charge in [-0.3, -0.25) is 0 Å². The summed E-state index contributed by atoms with van der Waals surface area (Å²) in [6.07, 6.45) is 2.90. The average molecular weight is 219 g/mol. The Balaban J connectivity index is 2.26. The van der Waals surface area contributed by atoms with Crippen LogP contribution < -0.4 is 5.73 Å². The van der Waals surface area contributed by atoms with E-state index in [4.69, 9.17) is 5.73 Å². The minimum Gasteiger partial charge on any atom is -0.388 e. The third-order valence-electron chi connectivity index (χ3n) is 4.18. The van der Waals surface area contributed by atoms with Gasteiger partial charge in [-0.15, -0.1) is 0 Å². The fraction of sp³-hybridized carbons (Fsp3) is 0.571. The lowest BCUT2D eigenvalue weighted by Gasteiger charge is -2.45. The van der Waals surface area contributed by atoms with Gasteiger partial charge in [-0.1, -0.05) is 24.6 Å². The van der Waals surface area contributed by atoms with Crippen LogP contribution in [0.1, 0.15) is 42.1 Å². The van der Waals surface area contributed by atoms with E-state index < -0.39 is 6.10 Å². The molecule has 0 heterocycles. The molecule has 0 radical (unpaired) electrons. The van der Waals surface area contributed by atoms with Crippen LogP contribution in [0.3, 0.4) is 0 Å². The van der Waals surface area contributed by atoms with Gasteiger partial charge in [0, 0.05) is 12.0 Å². The molecule has 1 aromatic carbocycles. The Kier molecular flexibility index (Phi) is 3.04.